The van der Waals surface area contributed by atoms with Crippen molar-refractivity contribution >= 4 is 5.52 Å². The van der Waals surface area contributed by atoms with Crippen LogP contribution in [0.3, 0.4) is 0 Å². The molecule has 0 unspecified atom stereocenters. The Morgan fingerprint density at radius 1 is 1.33 bits per heavy atom. The molecule has 5 nitrogen and oxygen atoms in total. The van der Waals surface area contributed by atoms with E-state index in [1.807, 2.05) is 6.92 Å². The average Bonchev–Trinajstić information content (AvgIpc) is 3.22. The summed E-state index contributed by atoms with van der Waals surface area (Å²) < 4.78 is 15.2. The van der Waals surface area contributed by atoms with Crippen LogP contribution in [0.4, 0.5) is 4.39 Å². The molecule has 0 atom stereocenters. The van der Waals surface area contributed by atoms with Crippen LogP contribution in [-0.2, 0) is 6.42 Å². The van der Waals surface area contributed by atoms with Gasteiger partial charge in [0, 0.05) is 11.5 Å². The zero-order chi connectivity index (χ0) is 16.7. The molecule has 24 heavy (non-hydrogen) atoms. The van der Waals surface area contributed by atoms with Crippen LogP contribution in [0.5, 0.6) is 0 Å². The smallest absolute Gasteiger partial charge is 0.277 e. The fraction of sp³-hybridized carbons (Fsp3) is 0.389. The summed E-state index contributed by atoms with van der Waals surface area (Å²) in [5.41, 5.74) is 1.62. The number of aromatic amines is 1. The Morgan fingerprint density at radius 3 is 2.83 bits per heavy atom. The Hall–Kier alpha value is -2.50. The molecule has 1 saturated carbocycles. The molecule has 4 rings (SSSR count). The van der Waals surface area contributed by atoms with Gasteiger partial charge in [-0.15, -0.1) is 5.10 Å². The van der Waals surface area contributed by atoms with Crippen molar-refractivity contribution in [3.8, 4) is 11.4 Å². The molecule has 0 saturated heterocycles. The van der Waals surface area contributed by atoms with Crippen molar-refractivity contribution < 1.29 is 4.39 Å². The van der Waals surface area contributed by atoms with Crippen molar-refractivity contribution in [2.45, 2.75) is 44.9 Å². The fourth-order valence-corrected chi connectivity index (χ4v) is 3.56. The van der Waals surface area contributed by atoms with Crippen LogP contribution in [0.1, 0.15) is 50.0 Å². The van der Waals surface area contributed by atoms with Crippen LogP contribution in [0.2, 0.25) is 0 Å². The number of aromatic nitrogens is 4. The van der Waals surface area contributed by atoms with Gasteiger partial charge in [0.2, 0.25) is 0 Å². The van der Waals surface area contributed by atoms with Crippen molar-refractivity contribution in [2.24, 2.45) is 0 Å². The minimum atomic E-state index is -0.355. The molecule has 1 N–H and O–H groups in total. The summed E-state index contributed by atoms with van der Waals surface area (Å²) in [6.07, 6.45) is 5.19. The first kappa shape index (κ1) is 15.1. The quantitative estimate of drug-likeness (QED) is 0.802. The van der Waals surface area contributed by atoms with Gasteiger partial charge in [0.05, 0.1) is 5.69 Å². The monoisotopic (exact) mass is 326 g/mol. The third kappa shape index (κ3) is 2.42. The molecule has 1 aliphatic rings. The van der Waals surface area contributed by atoms with E-state index in [1.165, 1.54) is 25.0 Å². The average molecular weight is 326 g/mol. The number of halogens is 1. The van der Waals surface area contributed by atoms with E-state index in [0.717, 1.165) is 24.4 Å². The third-order valence-corrected chi connectivity index (χ3v) is 4.75. The van der Waals surface area contributed by atoms with Gasteiger partial charge in [-0.25, -0.2) is 13.9 Å². The number of imidazole rings is 1. The maximum absolute atomic E-state index is 13.5. The molecular weight excluding hydrogens is 307 g/mol. The van der Waals surface area contributed by atoms with Crippen molar-refractivity contribution in [3.63, 3.8) is 0 Å². The molecular formula is C18H19FN4O. The molecule has 1 aliphatic carbocycles. The molecule has 3 aromatic rings. The highest BCUT2D eigenvalue weighted by molar-refractivity contribution is 5.58. The van der Waals surface area contributed by atoms with Crippen LogP contribution >= 0.6 is 0 Å². The molecule has 0 amide bonds. The van der Waals surface area contributed by atoms with Gasteiger partial charge >= 0.3 is 0 Å². The standard InChI is InChI=1S/C18H19FN4O/c1-2-14-15-18(24)21-16(12-8-5-9-13(19)10-12)22-23(15)17(20-14)11-6-3-4-7-11/h5,8-11H,2-4,6-7H2,1H3,(H,21,22,24). The van der Waals surface area contributed by atoms with E-state index < -0.39 is 0 Å². The second kappa shape index (κ2) is 5.85. The van der Waals surface area contributed by atoms with Gasteiger partial charge in [0.25, 0.3) is 5.56 Å². The van der Waals surface area contributed by atoms with E-state index in [4.69, 9.17) is 4.98 Å². The lowest BCUT2D eigenvalue weighted by atomic mass is 10.1. The predicted octanol–water partition coefficient (Wildman–Crippen LogP) is 3.44. The molecule has 1 aromatic carbocycles. The van der Waals surface area contributed by atoms with Crippen LogP contribution in [0, 0.1) is 5.82 Å². The molecule has 124 valence electrons. The number of aryl methyl sites for hydroxylation is 1. The summed E-state index contributed by atoms with van der Waals surface area (Å²) in [5, 5.41) is 4.59. The van der Waals surface area contributed by atoms with Gasteiger partial charge in [0.1, 0.15) is 11.6 Å². The van der Waals surface area contributed by atoms with Crippen molar-refractivity contribution in [1.82, 2.24) is 19.6 Å². The van der Waals surface area contributed by atoms with E-state index in [0.29, 0.717) is 29.2 Å². The summed E-state index contributed by atoms with van der Waals surface area (Å²) in [4.78, 5) is 20.1. The number of benzene rings is 1. The largest absolute Gasteiger partial charge is 0.303 e. The zero-order valence-corrected chi connectivity index (χ0v) is 13.6. The molecule has 6 heteroatoms. The van der Waals surface area contributed by atoms with E-state index >= 15 is 0 Å². The van der Waals surface area contributed by atoms with E-state index in [2.05, 4.69) is 10.1 Å². The number of rotatable bonds is 3. The van der Waals surface area contributed by atoms with Crippen LogP contribution in [0.15, 0.2) is 29.1 Å². The normalized spacial score (nSPS) is 15.4. The fourth-order valence-electron chi connectivity index (χ4n) is 3.56. The number of fused-ring (bicyclic) bond motifs is 1. The van der Waals surface area contributed by atoms with Gasteiger partial charge < -0.3 is 4.98 Å². The first-order chi connectivity index (χ1) is 11.7. The third-order valence-electron chi connectivity index (χ3n) is 4.75. The van der Waals surface area contributed by atoms with Gasteiger partial charge in [-0.05, 0) is 31.4 Å². The van der Waals surface area contributed by atoms with Crippen LogP contribution in [0.25, 0.3) is 16.9 Å². The maximum atomic E-state index is 13.5. The summed E-state index contributed by atoms with van der Waals surface area (Å²) in [6, 6.07) is 6.09. The summed E-state index contributed by atoms with van der Waals surface area (Å²) >= 11 is 0. The molecule has 0 bridgehead atoms. The Bertz CT molecular complexity index is 953. The van der Waals surface area contributed by atoms with E-state index in [1.54, 1.807) is 16.6 Å². The van der Waals surface area contributed by atoms with Crippen molar-refractivity contribution in [1.29, 1.82) is 0 Å². The minimum absolute atomic E-state index is 0.224. The Kier molecular flexibility index (Phi) is 3.67. The minimum Gasteiger partial charge on any atom is -0.303 e. The van der Waals surface area contributed by atoms with Crippen molar-refractivity contribution in [2.75, 3.05) is 0 Å². The van der Waals surface area contributed by atoms with Crippen LogP contribution in [-0.4, -0.2) is 19.6 Å². The number of hydrogen-bond acceptors (Lipinski definition) is 3. The topological polar surface area (TPSA) is 63.1 Å². The highest BCUT2D eigenvalue weighted by Crippen LogP contribution is 2.34. The number of nitrogens with one attached hydrogen (secondary N) is 1. The molecule has 2 aromatic heterocycles. The molecule has 1 fully saturated rings. The van der Waals surface area contributed by atoms with Crippen molar-refractivity contribution in [3.05, 3.63) is 52.0 Å². The number of hydrogen-bond donors (Lipinski definition) is 1. The summed E-state index contributed by atoms with van der Waals surface area (Å²) in [5.74, 6) is 1.22. The molecule has 2 heterocycles. The van der Waals surface area contributed by atoms with Gasteiger partial charge in [0.15, 0.2) is 11.3 Å². The molecule has 0 aliphatic heterocycles. The second-order valence-corrected chi connectivity index (χ2v) is 6.33. The Balaban J connectivity index is 1.95. The second-order valence-electron chi connectivity index (χ2n) is 6.33. The molecule has 0 radical (unpaired) electrons. The highest BCUT2D eigenvalue weighted by Gasteiger charge is 2.25. The maximum Gasteiger partial charge on any atom is 0.277 e. The highest BCUT2D eigenvalue weighted by atomic mass is 19.1. The number of H-pyrrole nitrogens is 1. The predicted molar refractivity (Wildman–Crippen MR) is 89.6 cm³/mol. The first-order valence-corrected chi connectivity index (χ1v) is 8.45. The zero-order valence-electron chi connectivity index (χ0n) is 13.6. The van der Waals surface area contributed by atoms with Gasteiger partial charge in [-0.3, -0.25) is 4.79 Å². The van der Waals surface area contributed by atoms with Gasteiger partial charge in [-0.1, -0.05) is 31.9 Å². The van der Waals surface area contributed by atoms with E-state index in [9.17, 15) is 9.18 Å². The van der Waals surface area contributed by atoms with Crippen LogP contribution < -0.4 is 5.56 Å². The number of nitrogens with zero attached hydrogens (tertiary/aromatic N) is 3. The Morgan fingerprint density at radius 2 is 2.12 bits per heavy atom. The lowest BCUT2D eigenvalue weighted by Gasteiger charge is -2.08. The summed E-state index contributed by atoms with van der Waals surface area (Å²) in [7, 11) is 0. The lowest BCUT2D eigenvalue weighted by Crippen LogP contribution is -2.16. The Labute approximate surface area is 138 Å². The SMILES string of the molecule is CCc1nc(C2CCCC2)n2nc(-c3cccc(F)c3)[nH]c(=O)c12. The van der Waals surface area contributed by atoms with Gasteiger partial charge in [-0.2, -0.15) is 0 Å². The summed E-state index contributed by atoms with van der Waals surface area (Å²) in [6.45, 7) is 1.99. The first-order valence-electron chi connectivity index (χ1n) is 8.45. The lowest BCUT2D eigenvalue weighted by molar-refractivity contribution is 0.627. The molecule has 0 spiro atoms. The van der Waals surface area contributed by atoms with E-state index in [-0.39, 0.29) is 11.4 Å².